The highest BCUT2D eigenvalue weighted by molar-refractivity contribution is 5.32. The third-order valence-corrected chi connectivity index (χ3v) is 4.50. The predicted octanol–water partition coefficient (Wildman–Crippen LogP) is 3.89. The molecule has 1 aliphatic carbocycles. The van der Waals surface area contributed by atoms with Gasteiger partial charge in [-0.1, -0.05) is 38.8 Å². The van der Waals surface area contributed by atoms with Crippen LogP contribution in [0.1, 0.15) is 50.7 Å². The molecule has 2 N–H and O–H groups in total. The number of aryl methyl sites for hydroxylation is 1. The summed E-state index contributed by atoms with van der Waals surface area (Å²) in [6.07, 6.45) is 4.54. The van der Waals surface area contributed by atoms with Crippen molar-refractivity contribution >= 4 is 0 Å². The number of benzene rings is 1. The Balaban J connectivity index is 2.45. The molecule has 1 fully saturated rings. The summed E-state index contributed by atoms with van der Waals surface area (Å²) in [5, 5.41) is 0. The molecule has 0 aliphatic heterocycles. The topological polar surface area (TPSA) is 26.0 Å². The van der Waals surface area contributed by atoms with E-state index < -0.39 is 0 Å². The minimum absolute atomic E-state index is 0.0789. The van der Waals surface area contributed by atoms with E-state index in [1.807, 2.05) is 12.1 Å². The molecule has 1 aromatic rings. The normalized spacial score (nSPS) is 28.1. The van der Waals surface area contributed by atoms with E-state index in [4.69, 9.17) is 5.73 Å². The average molecular weight is 235 g/mol. The average Bonchev–Trinajstić information content (AvgIpc) is 2.26. The van der Waals surface area contributed by atoms with E-state index in [1.165, 1.54) is 6.42 Å². The molecule has 1 unspecified atom stereocenters. The molecule has 17 heavy (non-hydrogen) atoms. The van der Waals surface area contributed by atoms with Crippen LogP contribution in [0.15, 0.2) is 18.2 Å². The van der Waals surface area contributed by atoms with E-state index in [0.717, 1.165) is 24.8 Å². The van der Waals surface area contributed by atoms with Gasteiger partial charge in [0.25, 0.3) is 0 Å². The number of hydrogen-bond acceptors (Lipinski definition) is 1. The Morgan fingerprint density at radius 1 is 1.18 bits per heavy atom. The Kier molecular flexibility index (Phi) is 3.03. The molecule has 1 saturated carbocycles. The molecular formula is C15H22FN. The highest BCUT2D eigenvalue weighted by Crippen LogP contribution is 2.48. The zero-order chi connectivity index (χ0) is 12.7. The summed E-state index contributed by atoms with van der Waals surface area (Å²) in [6, 6.07) is 5.32. The Bertz CT molecular complexity index is 425. The quantitative estimate of drug-likeness (QED) is 0.785. The second-order valence-electron chi connectivity index (χ2n) is 6.03. The molecule has 0 heterocycles. The van der Waals surface area contributed by atoms with Crippen molar-refractivity contribution in [3.63, 3.8) is 0 Å². The third kappa shape index (κ3) is 1.99. The molecule has 1 atom stereocenters. The molecule has 2 heteroatoms. The maximum absolute atomic E-state index is 13.3. The Morgan fingerprint density at radius 3 is 2.41 bits per heavy atom. The van der Waals surface area contributed by atoms with Gasteiger partial charge >= 0.3 is 0 Å². The molecule has 0 bridgehead atoms. The van der Waals surface area contributed by atoms with Crippen molar-refractivity contribution in [1.82, 2.24) is 0 Å². The van der Waals surface area contributed by atoms with Crippen molar-refractivity contribution in [3.05, 3.63) is 35.1 Å². The molecule has 0 spiro atoms. The first-order valence-corrected chi connectivity index (χ1v) is 6.42. The molecule has 1 aliphatic rings. The summed E-state index contributed by atoms with van der Waals surface area (Å²) < 4.78 is 13.3. The van der Waals surface area contributed by atoms with E-state index in [2.05, 4.69) is 13.8 Å². The number of nitrogens with two attached hydrogens (primary N) is 1. The number of hydrogen-bond donors (Lipinski definition) is 1. The van der Waals surface area contributed by atoms with E-state index in [-0.39, 0.29) is 16.8 Å². The summed E-state index contributed by atoms with van der Waals surface area (Å²) in [7, 11) is 0. The van der Waals surface area contributed by atoms with Gasteiger partial charge in [-0.3, -0.25) is 0 Å². The van der Waals surface area contributed by atoms with Gasteiger partial charge in [0.05, 0.1) is 0 Å². The van der Waals surface area contributed by atoms with Gasteiger partial charge in [-0.2, -0.15) is 0 Å². The first-order valence-electron chi connectivity index (χ1n) is 6.42. The van der Waals surface area contributed by atoms with Crippen molar-refractivity contribution in [1.29, 1.82) is 0 Å². The first-order chi connectivity index (χ1) is 7.87. The van der Waals surface area contributed by atoms with Crippen LogP contribution in [0.25, 0.3) is 0 Å². The van der Waals surface area contributed by atoms with Crippen LogP contribution in [0, 0.1) is 18.2 Å². The van der Waals surface area contributed by atoms with Crippen molar-refractivity contribution < 1.29 is 4.39 Å². The number of halogens is 1. The van der Waals surface area contributed by atoms with Crippen molar-refractivity contribution in [3.8, 4) is 0 Å². The van der Waals surface area contributed by atoms with Crippen LogP contribution in [0.5, 0.6) is 0 Å². The molecule has 0 saturated heterocycles. The first kappa shape index (κ1) is 12.6. The zero-order valence-electron chi connectivity index (χ0n) is 11.0. The Hall–Kier alpha value is -0.890. The molecule has 0 aromatic heterocycles. The SMILES string of the molecule is Cc1cc(C2(N)CCCCC2(C)C)ccc1F. The molecule has 2 rings (SSSR count). The van der Waals surface area contributed by atoms with Gasteiger partial charge in [-0.25, -0.2) is 4.39 Å². The molecule has 1 nitrogen and oxygen atoms in total. The lowest BCUT2D eigenvalue weighted by Gasteiger charge is -2.48. The summed E-state index contributed by atoms with van der Waals surface area (Å²) in [5.74, 6) is -0.147. The van der Waals surface area contributed by atoms with E-state index in [1.54, 1.807) is 13.0 Å². The highest BCUT2D eigenvalue weighted by atomic mass is 19.1. The zero-order valence-corrected chi connectivity index (χ0v) is 11.0. The van der Waals surface area contributed by atoms with Gasteiger partial charge in [0.1, 0.15) is 5.82 Å². The van der Waals surface area contributed by atoms with Crippen molar-refractivity contribution in [2.24, 2.45) is 11.1 Å². The summed E-state index contributed by atoms with van der Waals surface area (Å²) in [5.41, 5.74) is 8.19. The molecule has 0 radical (unpaired) electrons. The van der Waals surface area contributed by atoms with Crippen LogP contribution < -0.4 is 5.73 Å². The molecule has 94 valence electrons. The summed E-state index contributed by atoms with van der Waals surface area (Å²) >= 11 is 0. The lowest BCUT2D eigenvalue weighted by atomic mass is 9.61. The van der Waals surface area contributed by atoms with Gasteiger partial charge in [0.15, 0.2) is 0 Å². The lowest BCUT2D eigenvalue weighted by molar-refractivity contribution is 0.0977. The molecule has 0 amide bonds. The van der Waals surface area contributed by atoms with Crippen molar-refractivity contribution in [2.75, 3.05) is 0 Å². The predicted molar refractivity (Wildman–Crippen MR) is 69.3 cm³/mol. The lowest BCUT2D eigenvalue weighted by Crippen LogP contribution is -2.51. The van der Waals surface area contributed by atoms with Crippen LogP contribution >= 0.6 is 0 Å². The van der Waals surface area contributed by atoms with Crippen LogP contribution in [-0.2, 0) is 5.54 Å². The fourth-order valence-electron chi connectivity index (χ4n) is 2.99. The van der Waals surface area contributed by atoms with Gasteiger partial charge in [-0.15, -0.1) is 0 Å². The largest absolute Gasteiger partial charge is 0.321 e. The van der Waals surface area contributed by atoms with Crippen molar-refractivity contribution in [2.45, 2.75) is 52.0 Å². The fraction of sp³-hybridized carbons (Fsp3) is 0.600. The molecular weight excluding hydrogens is 213 g/mol. The monoisotopic (exact) mass is 235 g/mol. The van der Waals surface area contributed by atoms with Crippen LogP contribution in [0.3, 0.4) is 0 Å². The maximum atomic E-state index is 13.3. The second kappa shape index (κ2) is 4.09. The van der Waals surface area contributed by atoms with E-state index in [0.29, 0.717) is 5.56 Å². The van der Waals surface area contributed by atoms with Gasteiger partial charge in [0.2, 0.25) is 0 Å². The Morgan fingerprint density at radius 2 is 1.82 bits per heavy atom. The van der Waals surface area contributed by atoms with E-state index >= 15 is 0 Å². The van der Waals surface area contributed by atoms with E-state index in [9.17, 15) is 4.39 Å². The molecule has 1 aromatic carbocycles. The van der Waals surface area contributed by atoms with Gasteiger partial charge in [-0.05, 0) is 42.4 Å². The summed E-state index contributed by atoms with van der Waals surface area (Å²) in [6.45, 7) is 6.26. The van der Waals surface area contributed by atoms with Gasteiger partial charge < -0.3 is 5.73 Å². The number of rotatable bonds is 1. The Labute approximate surface area is 103 Å². The van der Waals surface area contributed by atoms with Crippen LogP contribution in [0.2, 0.25) is 0 Å². The van der Waals surface area contributed by atoms with Crippen LogP contribution in [0.4, 0.5) is 4.39 Å². The maximum Gasteiger partial charge on any atom is 0.126 e. The highest BCUT2D eigenvalue weighted by Gasteiger charge is 2.44. The van der Waals surface area contributed by atoms with Crippen LogP contribution in [-0.4, -0.2) is 0 Å². The van der Waals surface area contributed by atoms with Gasteiger partial charge in [0, 0.05) is 5.54 Å². The third-order valence-electron chi connectivity index (χ3n) is 4.50. The minimum atomic E-state index is -0.316. The second-order valence-corrected chi connectivity index (χ2v) is 6.03. The summed E-state index contributed by atoms with van der Waals surface area (Å²) in [4.78, 5) is 0. The smallest absolute Gasteiger partial charge is 0.126 e. The fourth-order valence-corrected chi connectivity index (χ4v) is 2.99. The minimum Gasteiger partial charge on any atom is -0.321 e. The standard InChI is InChI=1S/C15H22FN/c1-11-10-12(6-7-13(11)16)15(17)9-5-4-8-14(15,2)3/h6-7,10H,4-5,8-9,17H2,1-3H3.